The van der Waals surface area contributed by atoms with Crippen molar-refractivity contribution in [2.75, 3.05) is 26.9 Å². The van der Waals surface area contributed by atoms with E-state index in [1.54, 1.807) is 7.11 Å². The van der Waals surface area contributed by atoms with E-state index in [-0.39, 0.29) is 12.5 Å². The molecule has 1 aliphatic rings. The van der Waals surface area contributed by atoms with E-state index in [1.165, 1.54) is 0 Å². The van der Waals surface area contributed by atoms with E-state index < -0.39 is 5.97 Å². The first-order chi connectivity index (χ1) is 9.19. The SMILES string of the molecule is COc1cccc(CN2CCOCC2CC(=O)O)c1. The number of carboxylic acids is 1. The third-order valence-corrected chi connectivity index (χ3v) is 3.28. The number of carbonyl (C=O) groups is 1. The highest BCUT2D eigenvalue weighted by molar-refractivity contribution is 5.67. The molecule has 1 N–H and O–H groups in total. The molecule has 1 saturated heterocycles. The normalized spacial score (nSPS) is 20.2. The summed E-state index contributed by atoms with van der Waals surface area (Å²) in [6.07, 6.45) is 0.115. The summed E-state index contributed by atoms with van der Waals surface area (Å²) in [5.74, 6) is 0.0340. The highest BCUT2D eigenvalue weighted by atomic mass is 16.5. The van der Waals surface area contributed by atoms with Crippen LogP contribution in [0.3, 0.4) is 0 Å². The maximum Gasteiger partial charge on any atom is 0.305 e. The zero-order valence-corrected chi connectivity index (χ0v) is 11.0. The lowest BCUT2D eigenvalue weighted by Crippen LogP contribution is -2.45. The van der Waals surface area contributed by atoms with E-state index in [0.717, 1.165) is 24.4 Å². The van der Waals surface area contributed by atoms with Gasteiger partial charge in [0.15, 0.2) is 0 Å². The van der Waals surface area contributed by atoms with Crippen molar-refractivity contribution >= 4 is 5.97 Å². The van der Waals surface area contributed by atoms with E-state index in [9.17, 15) is 4.79 Å². The molecule has 0 radical (unpaired) electrons. The molecule has 5 nitrogen and oxygen atoms in total. The van der Waals surface area contributed by atoms with Crippen molar-refractivity contribution in [3.05, 3.63) is 29.8 Å². The standard InChI is InChI=1S/C14H19NO4/c1-18-13-4-2-3-11(7-13)9-15-5-6-19-10-12(15)8-14(16)17/h2-4,7,12H,5-6,8-10H2,1H3,(H,16,17). The molecular weight excluding hydrogens is 246 g/mol. The molecule has 5 heteroatoms. The van der Waals surface area contributed by atoms with Crippen molar-refractivity contribution in [1.82, 2.24) is 4.90 Å². The Morgan fingerprint density at radius 2 is 2.42 bits per heavy atom. The van der Waals surface area contributed by atoms with Gasteiger partial charge in [-0.1, -0.05) is 12.1 Å². The number of benzene rings is 1. The number of hydrogen-bond acceptors (Lipinski definition) is 4. The Kier molecular flexibility index (Phi) is 4.76. The summed E-state index contributed by atoms with van der Waals surface area (Å²) in [5, 5.41) is 8.93. The fourth-order valence-corrected chi connectivity index (χ4v) is 2.29. The predicted molar refractivity (Wildman–Crippen MR) is 70.3 cm³/mol. The lowest BCUT2D eigenvalue weighted by atomic mass is 10.1. The molecule has 0 spiro atoms. The van der Waals surface area contributed by atoms with E-state index in [4.69, 9.17) is 14.6 Å². The number of methoxy groups -OCH3 is 1. The van der Waals surface area contributed by atoms with Gasteiger partial charge in [0, 0.05) is 19.1 Å². The molecule has 0 aliphatic carbocycles. The van der Waals surface area contributed by atoms with Crippen LogP contribution in [0, 0.1) is 0 Å². The average molecular weight is 265 g/mol. The van der Waals surface area contributed by atoms with Gasteiger partial charge in [0.05, 0.1) is 26.7 Å². The van der Waals surface area contributed by atoms with Crippen LogP contribution in [-0.4, -0.2) is 48.9 Å². The lowest BCUT2D eigenvalue weighted by molar-refractivity contribution is -0.140. The Morgan fingerprint density at radius 3 is 3.16 bits per heavy atom. The first-order valence-corrected chi connectivity index (χ1v) is 6.35. The van der Waals surface area contributed by atoms with Gasteiger partial charge in [-0.05, 0) is 17.7 Å². The molecule has 0 bridgehead atoms. The quantitative estimate of drug-likeness (QED) is 0.871. The summed E-state index contributed by atoms with van der Waals surface area (Å²) in [6, 6.07) is 7.79. The van der Waals surface area contributed by atoms with E-state index >= 15 is 0 Å². The first-order valence-electron chi connectivity index (χ1n) is 6.35. The molecule has 1 unspecified atom stereocenters. The number of carboxylic acid groups (broad SMARTS) is 1. The summed E-state index contributed by atoms with van der Waals surface area (Å²) in [6.45, 7) is 2.62. The highest BCUT2D eigenvalue weighted by Crippen LogP contribution is 2.18. The fraction of sp³-hybridized carbons (Fsp3) is 0.500. The van der Waals surface area contributed by atoms with Crippen LogP contribution in [0.5, 0.6) is 5.75 Å². The minimum Gasteiger partial charge on any atom is -0.497 e. The summed E-state index contributed by atoms with van der Waals surface area (Å²) >= 11 is 0. The largest absolute Gasteiger partial charge is 0.497 e. The smallest absolute Gasteiger partial charge is 0.305 e. The highest BCUT2D eigenvalue weighted by Gasteiger charge is 2.25. The summed E-state index contributed by atoms with van der Waals surface area (Å²) < 4.78 is 10.6. The zero-order chi connectivity index (χ0) is 13.7. The Balaban J connectivity index is 2.03. The topological polar surface area (TPSA) is 59.0 Å². The third kappa shape index (κ3) is 3.94. The van der Waals surface area contributed by atoms with Gasteiger partial charge in [0.2, 0.25) is 0 Å². The summed E-state index contributed by atoms with van der Waals surface area (Å²) in [7, 11) is 1.64. The maximum atomic E-state index is 10.9. The Labute approximate surface area is 112 Å². The molecule has 0 aromatic heterocycles. The van der Waals surface area contributed by atoms with Gasteiger partial charge in [-0.2, -0.15) is 0 Å². The van der Waals surface area contributed by atoms with E-state index in [0.29, 0.717) is 13.2 Å². The van der Waals surface area contributed by atoms with Gasteiger partial charge < -0.3 is 14.6 Å². The van der Waals surface area contributed by atoms with Crippen molar-refractivity contribution in [2.24, 2.45) is 0 Å². The number of morpholine rings is 1. The number of hydrogen-bond donors (Lipinski definition) is 1. The molecule has 0 amide bonds. The third-order valence-electron chi connectivity index (χ3n) is 3.28. The first kappa shape index (κ1) is 13.8. The number of rotatable bonds is 5. The van der Waals surface area contributed by atoms with Gasteiger partial charge >= 0.3 is 5.97 Å². The van der Waals surface area contributed by atoms with Crippen LogP contribution in [0.25, 0.3) is 0 Å². The molecular formula is C14H19NO4. The monoisotopic (exact) mass is 265 g/mol. The molecule has 19 heavy (non-hydrogen) atoms. The van der Waals surface area contributed by atoms with Crippen LogP contribution in [0.1, 0.15) is 12.0 Å². The van der Waals surface area contributed by atoms with Crippen molar-refractivity contribution in [3.63, 3.8) is 0 Å². The second-order valence-corrected chi connectivity index (χ2v) is 4.65. The molecule has 104 valence electrons. The van der Waals surface area contributed by atoms with Crippen LogP contribution >= 0.6 is 0 Å². The van der Waals surface area contributed by atoms with Crippen LogP contribution in [0.15, 0.2) is 24.3 Å². The van der Waals surface area contributed by atoms with Gasteiger partial charge in [-0.15, -0.1) is 0 Å². The number of ether oxygens (including phenoxy) is 2. The second-order valence-electron chi connectivity index (χ2n) is 4.65. The zero-order valence-electron chi connectivity index (χ0n) is 11.0. The summed E-state index contributed by atoms with van der Waals surface area (Å²) in [5.41, 5.74) is 1.12. The van der Waals surface area contributed by atoms with Crippen molar-refractivity contribution in [3.8, 4) is 5.75 Å². The van der Waals surface area contributed by atoms with Gasteiger partial charge in [0.25, 0.3) is 0 Å². The van der Waals surface area contributed by atoms with Crippen molar-refractivity contribution in [2.45, 2.75) is 19.0 Å². The van der Waals surface area contributed by atoms with Gasteiger partial charge in [0.1, 0.15) is 5.75 Å². The van der Waals surface area contributed by atoms with Crippen molar-refractivity contribution < 1.29 is 19.4 Å². The molecule has 1 atom stereocenters. The van der Waals surface area contributed by atoms with E-state index in [2.05, 4.69) is 4.90 Å². The molecule has 1 fully saturated rings. The van der Waals surface area contributed by atoms with E-state index in [1.807, 2.05) is 24.3 Å². The Bertz CT molecular complexity index is 435. The number of aliphatic carboxylic acids is 1. The van der Waals surface area contributed by atoms with Crippen LogP contribution in [0.2, 0.25) is 0 Å². The van der Waals surface area contributed by atoms with Gasteiger partial charge in [-0.3, -0.25) is 9.69 Å². The Morgan fingerprint density at radius 1 is 1.58 bits per heavy atom. The minimum absolute atomic E-state index is 0.0579. The average Bonchev–Trinajstić information content (AvgIpc) is 2.41. The van der Waals surface area contributed by atoms with Crippen LogP contribution in [0.4, 0.5) is 0 Å². The number of nitrogens with zero attached hydrogens (tertiary/aromatic N) is 1. The lowest BCUT2D eigenvalue weighted by Gasteiger charge is -2.34. The van der Waals surface area contributed by atoms with Crippen molar-refractivity contribution in [1.29, 1.82) is 0 Å². The van der Waals surface area contributed by atoms with Crippen LogP contribution < -0.4 is 4.74 Å². The molecule has 1 aromatic carbocycles. The molecule has 1 aromatic rings. The molecule has 1 aliphatic heterocycles. The maximum absolute atomic E-state index is 10.9. The molecule has 1 heterocycles. The molecule has 2 rings (SSSR count). The fourth-order valence-electron chi connectivity index (χ4n) is 2.29. The molecule has 0 saturated carbocycles. The van der Waals surface area contributed by atoms with Crippen LogP contribution in [-0.2, 0) is 16.1 Å². The van der Waals surface area contributed by atoms with Gasteiger partial charge in [-0.25, -0.2) is 0 Å². The minimum atomic E-state index is -0.786. The Hall–Kier alpha value is -1.59. The summed E-state index contributed by atoms with van der Waals surface area (Å²) in [4.78, 5) is 13.0. The second kappa shape index (κ2) is 6.54. The predicted octanol–water partition coefficient (Wildman–Crippen LogP) is 1.37.